The quantitative estimate of drug-likeness (QED) is 0.0962. The molecule has 0 aliphatic rings. The molecule has 0 aromatic heterocycles. The molecular weight excluding hydrogens is 488 g/mol. The zero-order chi connectivity index (χ0) is 26.4. The smallest absolute Gasteiger partial charge is 0.183 e. The maximum absolute atomic E-state index is 5.71. The van der Waals surface area contributed by atoms with Crippen molar-refractivity contribution in [3.05, 3.63) is 0 Å². The molecule has 0 bridgehead atoms. The molecule has 0 rings (SSSR count). The minimum Gasteiger partial charge on any atom is -0.415 e. The molecule has 0 spiro atoms. The Morgan fingerprint density at radius 2 is 0.556 bits per heavy atom. The van der Waals surface area contributed by atoms with E-state index in [2.05, 4.69) is 26.6 Å². The van der Waals surface area contributed by atoms with Crippen LogP contribution in [0.5, 0.6) is 0 Å². The van der Waals surface area contributed by atoms with Crippen molar-refractivity contribution in [1.82, 2.24) is 0 Å². The Kier molecular flexibility index (Phi) is 29.2. The van der Waals surface area contributed by atoms with Crippen LogP contribution in [-0.2, 0) is 47.1 Å². The van der Waals surface area contributed by atoms with Gasteiger partial charge in [-0.3, -0.25) is 0 Å². The van der Waals surface area contributed by atoms with E-state index in [1.165, 1.54) is 0 Å². The summed E-state index contributed by atoms with van der Waals surface area (Å²) in [6.07, 6.45) is 2.25. The van der Waals surface area contributed by atoms with Gasteiger partial charge in [0.25, 0.3) is 0 Å². The summed E-state index contributed by atoms with van der Waals surface area (Å²) in [6, 6.07) is 0. The Morgan fingerprint density at radius 3 is 0.778 bits per heavy atom. The van der Waals surface area contributed by atoms with E-state index < -0.39 is 8.32 Å². The van der Waals surface area contributed by atoms with Gasteiger partial charge in [0.1, 0.15) is 0 Å². The van der Waals surface area contributed by atoms with Gasteiger partial charge in [-0.15, -0.1) is 0 Å². The third kappa shape index (κ3) is 33.8. The lowest BCUT2D eigenvalue weighted by Crippen LogP contribution is -2.27. The molecule has 218 valence electrons. The van der Waals surface area contributed by atoms with Crippen molar-refractivity contribution >= 4 is 8.32 Å². The number of hydrogen-bond acceptors (Lipinski definition) is 10. The van der Waals surface area contributed by atoms with E-state index in [9.17, 15) is 0 Å². The van der Waals surface area contributed by atoms with E-state index in [1.807, 2.05) is 0 Å². The van der Waals surface area contributed by atoms with Crippen LogP contribution in [0.15, 0.2) is 0 Å². The number of rotatable bonds is 31. The van der Waals surface area contributed by atoms with Crippen molar-refractivity contribution < 1.29 is 47.1 Å². The fraction of sp³-hybridized carbons (Fsp3) is 1.00. The molecule has 0 unspecified atom stereocenters. The van der Waals surface area contributed by atoms with Crippen LogP contribution < -0.4 is 0 Å². The average Bonchev–Trinajstić information content (AvgIpc) is 2.84. The summed E-state index contributed by atoms with van der Waals surface area (Å²) >= 11 is 0. The minimum atomic E-state index is -1.44. The van der Waals surface area contributed by atoms with Crippen molar-refractivity contribution in [1.29, 1.82) is 0 Å². The van der Waals surface area contributed by atoms with Crippen LogP contribution in [0.3, 0.4) is 0 Å². The highest BCUT2D eigenvalue weighted by Gasteiger charge is 2.13. The predicted molar refractivity (Wildman–Crippen MR) is 142 cm³/mol. The van der Waals surface area contributed by atoms with Gasteiger partial charge in [0, 0.05) is 6.61 Å². The summed E-state index contributed by atoms with van der Waals surface area (Å²) in [5.41, 5.74) is 0. The Hall–Kier alpha value is -0.183. The first-order valence-electron chi connectivity index (χ1n) is 13.4. The fourth-order valence-electron chi connectivity index (χ4n) is 2.51. The molecule has 0 atom stereocenters. The molecule has 0 N–H and O–H groups in total. The first-order chi connectivity index (χ1) is 17.6. The van der Waals surface area contributed by atoms with E-state index in [-0.39, 0.29) is 0 Å². The van der Waals surface area contributed by atoms with Gasteiger partial charge in [-0.25, -0.2) is 0 Å². The van der Waals surface area contributed by atoms with Crippen LogP contribution in [0.4, 0.5) is 0 Å². The Bertz CT molecular complexity index is 413. The molecule has 0 aliphatic carbocycles. The minimum absolute atomic E-state index is 0.533. The molecule has 0 saturated heterocycles. The molecule has 0 aliphatic heterocycles. The highest BCUT2D eigenvalue weighted by atomic mass is 28.4. The zero-order valence-corrected chi connectivity index (χ0v) is 24.4. The largest absolute Gasteiger partial charge is 0.415 e. The molecule has 0 aromatic rings. The van der Waals surface area contributed by atoms with Crippen LogP contribution in [0.25, 0.3) is 0 Å². The summed E-state index contributed by atoms with van der Waals surface area (Å²) in [5, 5.41) is 0. The van der Waals surface area contributed by atoms with Crippen molar-refractivity contribution in [2.75, 3.05) is 126 Å². The normalized spacial score (nSPS) is 12.0. The molecule has 0 heterocycles. The van der Waals surface area contributed by atoms with Crippen LogP contribution >= 0.6 is 0 Å². The first kappa shape index (κ1) is 35.8. The monoisotopic (exact) mass is 542 g/mol. The predicted octanol–water partition coefficient (Wildman–Crippen LogP) is 2.79. The summed E-state index contributed by atoms with van der Waals surface area (Å²) in [6.45, 7) is 19.6. The summed E-state index contributed by atoms with van der Waals surface area (Å²) in [7, 11) is -1.44. The lowest BCUT2D eigenvalue weighted by molar-refractivity contribution is -0.0254. The third-order valence-corrected chi connectivity index (χ3v) is 5.45. The van der Waals surface area contributed by atoms with E-state index in [0.717, 1.165) is 19.4 Å². The molecule has 0 amide bonds. The third-order valence-electron chi connectivity index (χ3n) is 4.38. The lowest BCUT2D eigenvalue weighted by atomic mass is 10.4. The maximum Gasteiger partial charge on any atom is 0.183 e. The zero-order valence-electron chi connectivity index (χ0n) is 23.4. The topological polar surface area (TPSA) is 92.3 Å². The van der Waals surface area contributed by atoms with E-state index in [4.69, 9.17) is 47.1 Å². The van der Waals surface area contributed by atoms with Crippen LogP contribution in [0, 0.1) is 0 Å². The Labute approximate surface area is 220 Å². The Morgan fingerprint density at radius 1 is 0.333 bits per heavy atom. The van der Waals surface area contributed by atoms with E-state index in [0.29, 0.717) is 119 Å². The summed E-state index contributed by atoms with van der Waals surface area (Å²) < 4.78 is 54.8. The molecule has 0 radical (unpaired) electrons. The van der Waals surface area contributed by atoms with Crippen LogP contribution in [0.1, 0.15) is 19.8 Å². The highest BCUT2D eigenvalue weighted by Crippen LogP contribution is 2.01. The van der Waals surface area contributed by atoms with Gasteiger partial charge < -0.3 is 47.1 Å². The second kappa shape index (κ2) is 29.4. The molecule has 0 fully saturated rings. The molecule has 0 saturated carbocycles. The summed E-state index contributed by atoms with van der Waals surface area (Å²) in [5.74, 6) is 0. The van der Waals surface area contributed by atoms with Crippen molar-refractivity contribution in [3.63, 3.8) is 0 Å². The van der Waals surface area contributed by atoms with Gasteiger partial charge in [0.15, 0.2) is 8.32 Å². The van der Waals surface area contributed by atoms with E-state index >= 15 is 0 Å². The Balaban J connectivity index is 3.03. The van der Waals surface area contributed by atoms with Crippen LogP contribution in [-0.4, -0.2) is 134 Å². The van der Waals surface area contributed by atoms with E-state index in [1.54, 1.807) is 0 Å². The van der Waals surface area contributed by atoms with Crippen molar-refractivity contribution in [2.45, 2.75) is 39.4 Å². The number of unbranched alkanes of at least 4 members (excludes halogenated alkanes) is 1. The molecule has 11 heteroatoms. The average molecular weight is 543 g/mol. The second-order valence-electron chi connectivity index (χ2n) is 8.83. The second-order valence-corrected chi connectivity index (χ2v) is 13.3. The van der Waals surface area contributed by atoms with Gasteiger partial charge in [0.2, 0.25) is 0 Å². The molecule has 0 aromatic carbocycles. The van der Waals surface area contributed by atoms with Gasteiger partial charge in [0.05, 0.1) is 119 Å². The van der Waals surface area contributed by atoms with Gasteiger partial charge >= 0.3 is 0 Å². The first-order valence-corrected chi connectivity index (χ1v) is 16.8. The molecule has 36 heavy (non-hydrogen) atoms. The molecular formula is C25H54O10Si. The summed E-state index contributed by atoms with van der Waals surface area (Å²) in [4.78, 5) is 0. The van der Waals surface area contributed by atoms with Crippen molar-refractivity contribution in [3.8, 4) is 0 Å². The number of ether oxygens (including phenoxy) is 9. The fourth-order valence-corrected chi connectivity index (χ4v) is 3.21. The van der Waals surface area contributed by atoms with Gasteiger partial charge in [-0.2, -0.15) is 0 Å². The number of hydrogen-bond donors (Lipinski definition) is 0. The van der Waals surface area contributed by atoms with Gasteiger partial charge in [-0.05, 0) is 26.1 Å². The standard InChI is InChI=1S/C25H54O10Si/c1-5-6-7-26-8-9-27-10-11-28-12-13-29-14-15-30-16-17-31-18-19-32-20-21-33-22-23-34-24-25-35-36(2,3)4/h5-25H2,1-4H3. The van der Waals surface area contributed by atoms with Gasteiger partial charge in [-0.1, -0.05) is 13.3 Å². The van der Waals surface area contributed by atoms with Crippen molar-refractivity contribution in [2.24, 2.45) is 0 Å². The maximum atomic E-state index is 5.71. The van der Waals surface area contributed by atoms with Crippen LogP contribution in [0.2, 0.25) is 19.6 Å². The SMILES string of the molecule is CCCCOCCOCCOCCOCCOCCOCCOCCOCCOCCO[Si](C)(C)C. The molecule has 10 nitrogen and oxygen atoms in total. The highest BCUT2D eigenvalue weighted by molar-refractivity contribution is 6.69. The lowest BCUT2D eigenvalue weighted by Gasteiger charge is -2.16.